The number of piperazine rings is 1. The van der Waals surface area contributed by atoms with Gasteiger partial charge in [-0.1, -0.05) is 30.3 Å². The van der Waals surface area contributed by atoms with E-state index >= 15 is 0 Å². The summed E-state index contributed by atoms with van der Waals surface area (Å²) in [6, 6.07) is 10.7. The van der Waals surface area contributed by atoms with Crippen molar-refractivity contribution in [2.24, 2.45) is 0 Å². The lowest BCUT2D eigenvalue weighted by atomic mass is 10.0. The topological polar surface area (TPSA) is 48.0 Å². The second-order valence-corrected chi connectivity index (χ2v) is 8.43. The normalized spacial score (nSPS) is 17.8. The minimum Gasteiger partial charge on any atom is -0.383 e. The maximum atomic E-state index is 5.24. The Kier molecular flexibility index (Phi) is 6.82. The van der Waals surface area contributed by atoms with Gasteiger partial charge in [0.05, 0.1) is 12.3 Å². The zero-order chi connectivity index (χ0) is 20.9. The Morgan fingerprint density at radius 1 is 0.967 bits per heavy atom. The molecule has 4 rings (SSSR count). The number of hydrogen-bond donors (Lipinski definition) is 0. The molecule has 7 heteroatoms. The molecule has 0 spiro atoms. The van der Waals surface area contributed by atoms with Crippen molar-refractivity contribution < 1.29 is 4.74 Å². The van der Waals surface area contributed by atoms with Crippen LogP contribution in [0.1, 0.15) is 16.8 Å². The molecule has 1 aromatic carbocycles. The van der Waals surface area contributed by atoms with Crippen molar-refractivity contribution in [3.05, 3.63) is 47.2 Å². The summed E-state index contributed by atoms with van der Waals surface area (Å²) in [5, 5.41) is 0. The van der Waals surface area contributed by atoms with E-state index in [0.29, 0.717) is 0 Å². The third kappa shape index (κ3) is 4.91. The second-order valence-electron chi connectivity index (χ2n) is 8.43. The molecule has 0 radical (unpaired) electrons. The molecule has 0 unspecified atom stereocenters. The number of methoxy groups -OCH3 is 1. The smallest absolute Gasteiger partial charge is 0.227 e. The fourth-order valence-corrected chi connectivity index (χ4v) is 4.29. The zero-order valence-electron chi connectivity index (χ0n) is 18.5. The Morgan fingerprint density at radius 3 is 2.43 bits per heavy atom. The van der Waals surface area contributed by atoms with Gasteiger partial charge >= 0.3 is 0 Å². The standard InChI is InChI=1S/C23H34N6O/c1-26(2)23-24-21-18-28(17-19-7-5-4-6-8-19)10-9-20(21)22(25-23)29-13-11-27(12-14-29)15-16-30-3/h4-8H,9-18H2,1-3H3. The van der Waals surface area contributed by atoms with Crippen LogP contribution < -0.4 is 9.80 Å². The fraction of sp³-hybridized carbons (Fsp3) is 0.565. The Hall–Kier alpha value is -2.22. The van der Waals surface area contributed by atoms with Crippen LogP contribution in [0, 0.1) is 0 Å². The first-order valence-electron chi connectivity index (χ1n) is 10.9. The van der Waals surface area contributed by atoms with Gasteiger partial charge in [0.2, 0.25) is 5.95 Å². The summed E-state index contributed by atoms with van der Waals surface area (Å²) in [6.07, 6.45) is 1.01. The largest absolute Gasteiger partial charge is 0.383 e. The van der Waals surface area contributed by atoms with E-state index in [1.54, 1.807) is 7.11 Å². The first kappa shape index (κ1) is 21.0. The lowest BCUT2D eigenvalue weighted by molar-refractivity contribution is 0.144. The zero-order valence-corrected chi connectivity index (χ0v) is 18.5. The molecule has 0 N–H and O–H groups in total. The van der Waals surface area contributed by atoms with Crippen LogP contribution in [0.2, 0.25) is 0 Å². The number of ether oxygens (including phenoxy) is 1. The molecule has 3 heterocycles. The van der Waals surface area contributed by atoms with E-state index in [1.807, 2.05) is 19.0 Å². The number of aromatic nitrogens is 2. The van der Waals surface area contributed by atoms with E-state index in [-0.39, 0.29) is 0 Å². The average molecular weight is 411 g/mol. The van der Waals surface area contributed by atoms with Gasteiger partial charge < -0.3 is 14.5 Å². The van der Waals surface area contributed by atoms with Crippen LogP contribution in [-0.2, 0) is 24.2 Å². The van der Waals surface area contributed by atoms with Gasteiger partial charge in [0.1, 0.15) is 5.82 Å². The average Bonchev–Trinajstić information content (AvgIpc) is 2.78. The lowest BCUT2D eigenvalue weighted by Crippen LogP contribution is -2.48. The van der Waals surface area contributed by atoms with Crippen molar-refractivity contribution >= 4 is 11.8 Å². The van der Waals surface area contributed by atoms with Crippen molar-refractivity contribution in [1.29, 1.82) is 0 Å². The predicted octanol–water partition coefficient (Wildman–Crippen LogP) is 1.87. The van der Waals surface area contributed by atoms with Gasteiger partial charge in [0.25, 0.3) is 0 Å². The molecule has 2 aliphatic rings. The first-order valence-corrected chi connectivity index (χ1v) is 10.9. The van der Waals surface area contributed by atoms with Crippen LogP contribution in [0.15, 0.2) is 30.3 Å². The maximum absolute atomic E-state index is 5.24. The molecule has 0 bridgehead atoms. The van der Waals surface area contributed by atoms with E-state index in [0.717, 1.165) is 77.2 Å². The van der Waals surface area contributed by atoms with Crippen LogP contribution in [0.3, 0.4) is 0 Å². The lowest BCUT2D eigenvalue weighted by Gasteiger charge is -2.38. The summed E-state index contributed by atoms with van der Waals surface area (Å²) < 4.78 is 5.24. The molecule has 0 saturated carbocycles. The minimum atomic E-state index is 0.797. The fourth-order valence-electron chi connectivity index (χ4n) is 4.29. The Balaban J connectivity index is 1.52. The van der Waals surface area contributed by atoms with Crippen molar-refractivity contribution in [3.8, 4) is 0 Å². The van der Waals surface area contributed by atoms with Gasteiger partial charge in [-0.05, 0) is 12.0 Å². The summed E-state index contributed by atoms with van der Waals surface area (Å²) in [4.78, 5) is 19.4. The summed E-state index contributed by atoms with van der Waals surface area (Å²) in [7, 11) is 5.82. The Labute approximate surface area is 180 Å². The highest BCUT2D eigenvalue weighted by Crippen LogP contribution is 2.29. The van der Waals surface area contributed by atoms with Crippen LogP contribution >= 0.6 is 0 Å². The molecule has 30 heavy (non-hydrogen) atoms. The molecule has 0 amide bonds. The van der Waals surface area contributed by atoms with Gasteiger partial charge in [-0.25, -0.2) is 4.98 Å². The molecule has 1 aromatic heterocycles. The van der Waals surface area contributed by atoms with E-state index < -0.39 is 0 Å². The number of benzene rings is 1. The van der Waals surface area contributed by atoms with Crippen molar-refractivity contribution in [2.75, 3.05) is 76.9 Å². The van der Waals surface area contributed by atoms with Crippen LogP contribution in [0.5, 0.6) is 0 Å². The van der Waals surface area contributed by atoms with Gasteiger partial charge in [-0.3, -0.25) is 9.80 Å². The second kappa shape index (κ2) is 9.73. The predicted molar refractivity (Wildman–Crippen MR) is 121 cm³/mol. The quantitative estimate of drug-likeness (QED) is 0.691. The summed E-state index contributed by atoms with van der Waals surface area (Å²) in [6.45, 7) is 8.83. The van der Waals surface area contributed by atoms with Gasteiger partial charge in [0, 0.05) is 79.1 Å². The van der Waals surface area contributed by atoms with E-state index in [2.05, 4.69) is 45.0 Å². The van der Waals surface area contributed by atoms with E-state index in [1.165, 1.54) is 16.8 Å². The third-order valence-corrected chi connectivity index (χ3v) is 6.04. The van der Waals surface area contributed by atoms with Crippen LogP contribution in [0.4, 0.5) is 11.8 Å². The molecule has 1 fully saturated rings. The SMILES string of the molecule is COCCN1CCN(c2nc(N(C)C)nc3c2CCN(Cc2ccccc2)C3)CC1. The van der Waals surface area contributed by atoms with E-state index in [4.69, 9.17) is 14.7 Å². The molecule has 0 aliphatic carbocycles. The summed E-state index contributed by atoms with van der Waals surface area (Å²) in [5.74, 6) is 1.96. The molecule has 162 valence electrons. The maximum Gasteiger partial charge on any atom is 0.227 e. The molecule has 2 aromatic rings. The molecule has 0 atom stereocenters. The first-order chi connectivity index (χ1) is 14.6. The summed E-state index contributed by atoms with van der Waals surface area (Å²) >= 11 is 0. The molecule has 2 aliphatic heterocycles. The monoisotopic (exact) mass is 410 g/mol. The van der Waals surface area contributed by atoms with Crippen molar-refractivity contribution in [2.45, 2.75) is 19.5 Å². The van der Waals surface area contributed by atoms with Crippen molar-refractivity contribution in [1.82, 2.24) is 19.8 Å². The van der Waals surface area contributed by atoms with E-state index in [9.17, 15) is 0 Å². The number of anilines is 2. The third-order valence-electron chi connectivity index (χ3n) is 6.04. The molecule has 7 nitrogen and oxygen atoms in total. The Morgan fingerprint density at radius 2 is 1.73 bits per heavy atom. The highest BCUT2D eigenvalue weighted by atomic mass is 16.5. The minimum absolute atomic E-state index is 0.797. The van der Waals surface area contributed by atoms with Crippen molar-refractivity contribution in [3.63, 3.8) is 0 Å². The van der Waals surface area contributed by atoms with Crippen LogP contribution in [-0.4, -0.2) is 86.8 Å². The number of hydrogen-bond acceptors (Lipinski definition) is 7. The molecular formula is C23H34N6O. The number of nitrogens with zero attached hydrogens (tertiary/aromatic N) is 6. The summed E-state index contributed by atoms with van der Waals surface area (Å²) in [5.41, 5.74) is 3.89. The highest BCUT2D eigenvalue weighted by Gasteiger charge is 2.27. The highest BCUT2D eigenvalue weighted by molar-refractivity contribution is 5.54. The number of rotatable bonds is 7. The molecule has 1 saturated heterocycles. The molecular weight excluding hydrogens is 376 g/mol. The van der Waals surface area contributed by atoms with Gasteiger partial charge in [0.15, 0.2) is 0 Å². The van der Waals surface area contributed by atoms with Gasteiger partial charge in [-0.2, -0.15) is 4.98 Å². The number of fused-ring (bicyclic) bond motifs is 1. The van der Waals surface area contributed by atoms with Gasteiger partial charge in [-0.15, -0.1) is 0 Å². The Bertz CT molecular complexity index is 820. The van der Waals surface area contributed by atoms with Crippen LogP contribution in [0.25, 0.3) is 0 Å².